The zero-order valence-electron chi connectivity index (χ0n) is 7.53. The largest absolute Gasteiger partial charge is 0.315 e. The maximum atomic E-state index is 4.49. The van der Waals surface area contributed by atoms with Crippen LogP contribution in [0.25, 0.3) is 0 Å². The minimum Gasteiger partial charge on any atom is -0.315 e. The van der Waals surface area contributed by atoms with Gasteiger partial charge in [-0.1, -0.05) is 25.6 Å². The third kappa shape index (κ3) is 0.997. The molecule has 3 heterocycles. The fourth-order valence-corrected chi connectivity index (χ4v) is 4.50. The highest BCUT2D eigenvalue weighted by Gasteiger charge is 2.64. The first-order chi connectivity index (χ1) is 6.16. The predicted octanol–water partition coefficient (Wildman–Crippen LogP) is -0.117. The lowest BCUT2D eigenvalue weighted by Gasteiger charge is -2.28. The van der Waals surface area contributed by atoms with Gasteiger partial charge in [0, 0.05) is 50.1 Å². The van der Waals surface area contributed by atoms with Gasteiger partial charge in [0.1, 0.15) is 0 Å². The van der Waals surface area contributed by atoms with Crippen LogP contribution in [0, 0.1) is 10.8 Å². The van der Waals surface area contributed by atoms with E-state index in [1.165, 1.54) is 0 Å². The Balaban J connectivity index is 2.00. The first kappa shape index (κ1) is 8.85. The Morgan fingerprint density at radius 3 is 1.62 bits per heavy atom. The molecule has 0 amide bonds. The van der Waals surface area contributed by atoms with Crippen LogP contribution in [-0.2, 0) is 0 Å². The van der Waals surface area contributed by atoms with Gasteiger partial charge in [0.15, 0.2) is 0 Å². The van der Waals surface area contributed by atoms with Crippen molar-refractivity contribution in [2.45, 2.75) is 0 Å². The zero-order chi connectivity index (χ0) is 9.10. The molecule has 0 aliphatic carbocycles. The Labute approximate surface area is 89.9 Å². The second-order valence-corrected chi connectivity index (χ2v) is 5.94. The van der Waals surface area contributed by atoms with Crippen LogP contribution in [0.15, 0.2) is 0 Å². The summed E-state index contributed by atoms with van der Waals surface area (Å²) in [6.45, 7) is 6.73. The van der Waals surface area contributed by atoms with Crippen LogP contribution >= 0.6 is 25.6 Å². The van der Waals surface area contributed by atoms with Crippen molar-refractivity contribution in [2.24, 2.45) is 10.8 Å². The van der Waals surface area contributed by atoms with Crippen LogP contribution in [0.4, 0.5) is 0 Å². The van der Waals surface area contributed by atoms with E-state index >= 15 is 0 Å². The molecular weight excluding hydrogens is 202 g/mol. The molecular formula is C8H15N3S2. The fraction of sp³-hybridized carbons (Fsp3) is 1.00. The van der Waals surface area contributed by atoms with Crippen molar-refractivity contribution in [1.29, 1.82) is 0 Å². The summed E-state index contributed by atoms with van der Waals surface area (Å²) in [5.41, 5.74) is 0.854. The molecule has 3 aliphatic heterocycles. The number of nitrogens with one attached hydrogen (secondary N) is 1. The number of hydrogen-bond acceptors (Lipinski definition) is 5. The summed E-state index contributed by atoms with van der Waals surface area (Å²) in [5.74, 6) is 0. The first-order valence-corrected chi connectivity index (χ1v) is 5.54. The van der Waals surface area contributed by atoms with Gasteiger partial charge in [-0.3, -0.25) is 8.61 Å². The Morgan fingerprint density at radius 2 is 1.23 bits per heavy atom. The van der Waals surface area contributed by atoms with Gasteiger partial charge < -0.3 is 5.32 Å². The first-order valence-electron chi connectivity index (χ1n) is 4.74. The van der Waals surface area contributed by atoms with Gasteiger partial charge in [-0.2, -0.15) is 0 Å². The average molecular weight is 217 g/mol. The molecule has 0 spiro atoms. The summed E-state index contributed by atoms with van der Waals surface area (Å²) >= 11 is 8.97. The molecule has 0 saturated carbocycles. The molecule has 0 aromatic carbocycles. The number of thiol groups is 2. The summed E-state index contributed by atoms with van der Waals surface area (Å²) in [6.07, 6.45) is 0. The van der Waals surface area contributed by atoms with Crippen molar-refractivity contribution in [3.05, 3.63) is 0 Å². The van der Waals surface area contributed by atoms with Gasteiger partial charge in [0.05, 0.1) is 0 Å². The molecule has 3 saturated heterocycles. The molecule has 0 radical (unpaired) electrons. The second-order valence-electron chi connectivity index (χ2n) is 4.81. The molecule has 1 N–H and O–H groups in total. The molecule has 0 unspecified atom stereocenters. The molecule has 3 nitrogen and oxygen atoms in total. The Hall–Kier alpha value is 0.580. The lowest BCUT2D eigenvalue weighted by Crippen LogP contribution is -2.38. The predicted molar refractivity (Wildman–Crippen MR) is 58.9 cm³/mol. The monoisotopic (exact) mass is 217 g/mol. The molecule has 0 aromatic heterocycles. The standard InChI is InChI=1S/C8H15N3S2/c12-10-3-7-1-9-2-8(7,5-10)6-11(13)4-7/h9,12-13H,1-6H2. The molecule has 0 bridgehead atoms. The lowest BCUT2D eigenvalue weighted by molar-refractivity contribution is 0.241. The van der Waals surface area contributed by atoms with E-state index < -0.39 is 0 Å². The summed E-state index contributed by atoms with van der Waals surface area (Å²) in [5, 5.41) is 3.53. The van der Waals surface area contributed by atoms with E-state index in [-0.39, 0.29) is 0 Å². The maximum absolute atomic E-state index is 4.49. The van der Waals surface area contributed by atoms with Crippen LogP contribution in [-0.4, -0.2) is 47.9 Å². The molecule has 0 atom stereocenters. The minimum absolute atomic E-state index is 0.427. The zero-order valence-corrected chi connectivity index (χ0v) is 9.32. The SMILES string of the molecule is SN1CC23CNCC2(C1)CN(S)C3. The van der Waals surface area contributed by atoms with Gasteiger partial charge in [0.25, 0.3) is 0 Å². The summed E-state index contributed by atoms with van der Waals surface area (Å²) in [6, 6.07) is 0. The summed E-state index contributed by atoms with van der Waals surface area (Å²) < 4.78 is 4.36. The Bertz CT molecular complexity index is 210. The van der Waals surface area contributed by atoms with E-state index in [0.717, 1.165) is 39.3 Å². The van der Waals surface area contributed by atoms with E-state index in [0.29, 0.717) is 10.8 Å². The lowest BCUT2D eigenvalue weighted by atomic mass is 9.71. The van der Waals surface area contributed by atoms with E-state index in [9.17, 15) is 0 Å². The fourth-order valence-electron chi connectivity index (χ4n) is 3.42. The van der Waals surface area contributed by atoms with Gasteiger partial charge in [-0.25, -0.2) is 0 Å². The summed E-state index contributed by atoms with van der Waals surface area (Å²) in [7, 11) is 0. The smallest absolute Gasteiger partial charge is 0.0194 e. The normalized spacial score (nSPS) is 51.2. The molecule has 3 fully saturated rings. The van der Waals surface area contributed by atoms with Crippen LogP contribution in [0.1, 0.15) is 0 Å². The van der Waals surface area contributed by atoms with Crippen LogP contribution in [0.5, 0.6) is 0 Å². The Morgan fingerprint density at radius 1 is 0.846 bits per heavy atom. The average Bonchev–Trinajstić information content (AvgIpc) is 2.42. The van der Waals surface area contributed by atoms with E-state index in [4.69, 9.17) is 0 Å². The van der Waals surface area contributed by atoms with Gasteiger partial charge in [-0.05, 0) is 0 Å². The number of nitrogens with zero attached hydrogens (tertiary/aromatic N) is 2. The second kappa shape index (κ2) is 2.58. The van der Waals surface area contributed by atoms with Crippen molar-refractivity contribution in [3.8, 4) is 0 Å². The topological polar surface area (TPSA) is 18.5 Å². The molecule has 13 heavy (non-hydrogen) atoms. The molecule has 3 aliphatic rings. The van der Waals surface area contributed by atoms with E-state index in [1.54, 1.807) is 0 Å². The van der Waals surface area contributed by atoms with Crippen LogP contribution < -0.4 is 5.32 Å². The van der Waals surface area contributed by atoms with Crippen LogP contribution in [0.3, 0.4) is 0 Å². The quantitative estimate of drug-likeness (QED) is 0.492. The van der Waals surface area contributed by atoms with Crippen LogP contribution in [0.2, 0.25) is 0 Å². The third-order valence-electron chi connectivity index (χ3n) is 3.99. The van der Waals surface area contributed by atoms with E-state index in [1.807, 2.05) is 0 Å². The van der Waals surface area contributed by atoms with Crippen molar-refractivity contribution in [2.75, 3.05) is 39.3 Å². The maximum Gasteiger partial charge on any atom is 0.0194 e. The van der Waals surface area contributed by atoms with Gasteiger partial charge >= 0.3 is 0 Å². The number of hydrogen-bond donors (Lipinski definition) is 3. The molecule has 0 aromatic rings. The van der Waals surface area contributed by atoms with Crippen molar-refractivity contribution >= 4 is 25.6 Å². The Kier molecular flexibility index (Phi) is 1.76. The highest BCUT2D eigenvalue weighted by Crippen LogP contribution is 2.54. The van der Waals surface area contributed by atoms with E-state index in [2.05, 4.69) is 39.6 Å². The minimum atomic E-state index is 0.427. The number of rotatable bonds is 0. The molecule has 5 heteroatoms. The highest BCUT2D eigenvalue weighted by atomic mass is 32.1. The highest BCUT2D eigenvalue weighted by molar-refractivity contribution is 7.77. The van der Waals surface area contributed by atoms with Crippen molar-refractivity contribution in [1.82, 2.24) is 13.9 Å². The van der Waals surface area contributed by atoms with Gasteiger partial charge in [-0.15, -0.1) is 0 Å². The van der Waals surface area contributed by atoms with Crippen molar-refractivity contribution in [3.63, 3.8) is 0 Å². The summed E-state index contributed by atoms with van der Waals surface area (Å²) in [4.78, 5) is 0. The third-order valence-corrected chi connectivity index (χ3v) is 4.56. The van der Waals surface area contributed by atoms with Crippen molar-refractivity contribution < 1.29 is 0 Å². The molecule has 3 rings (SSSR count). The molecule has 74 valence electrons. The van der Waals surface area contributed by atoms with Gasteiger partial charge in [0.2, 0.25) is 0 Å².